The second-order valence-corrected chi connectivity index (χ2v) is 9.09. The molecule has 2 atom stereocenters. The number of ether oxygens (including phenoxy) is 1. The largest absolute Gasteiger partial charge is 0.469 e. The summed E-state index contributed by atoms with van der Waals surface area (Å²) in [5, 5.41) is 4.05. The van der Waals surface area contributed by atoms with Crippen LogP contribution in [0.3, 0.4) is 0 Å². The SMILES string of the molecule is COC(=O)CCN1C(=S)N[C@H](c2ccccn2)[C@@H]1c1cc(C)n(-c2cccc(Br)c2)c1C. The summed E-state index contributed by atoms with van der Waals surface area (Å²) in [5.41, 5.74) is 5.40. The van der Waals surface area contributed by atoms with E-state index < -0.39 is 0 Å². The molecule has 0 aliphatic carbocycles. The fourth-order valence-corrected chi connectivity index (χ4v) is 5.12. The van der Waals surface area contributed by atoms with Crippen LogP contribution in [0, 0.1) is 13.8 Å². The number of benzene rings is 1. The van der Waals surface area contributed by atoms with Gasteiger partial charge >= 0.3 is 5.97 Å². The number of hydrogen-bond acceptors (Lipinski definition) is 4. The summed E-state index contributed by atoms with van der Waals surface area (Å²) in [4.78, 5) is 18.6. The lowest BCUT2D eigenvalue weighted by Gasteiger charge is -2.28. The molecule has 1 fully saturated rings. The second kappa shape index (κ2) is 9.42. The molecule has 0 bridgehead atoms. The van der Waals surface area contributed by atoms with Crippen molar-refractivity contribution in [1.82, 2.24) is 19.8 Å². The molecule has 1 N–H and O–H groups in total. The van der Waals surface area contributed by atoms with Crippen molar-refractivity contribution >= 4 is 39.2 Å². The van der Waals surface area contributed by atoms with E-state index in [1.807, 2.05) is 30.3 Å². The van der Waals surface area contributed by atoms with Crippen LogP contribution in [0.25, 0.3) is 5.69 Å². The molecule has 3 heterocycles. The maximum atomic E-state index is 11.9. The van der Waals surface area contributed by atoms with Crippen LogP contribution in [0.4, 0.5) is 0 Å². The Morgan fingerprint density at radius 2 is 2.03 bits per heavy atom. The van der Waals surface area contributed by atoms with Crippen molar-refractivity contribution in [1.29, 1.82) is 0 Å². The van der Waals surface area contributed by atoms with Crippen LogP contribution < -0.4 is 5.32 Å². The Morgan fingerprint density at radius 1 is 1.22 bits per heavy atom. The van der Waals surface area contributed by atoms with Gasteiger partial charge in [-0.15, -0.1) is 0 Å². The Morgan fingerprint density at radius 3 is 2.72 bits per heavy atom. The smallest absolute Gasteiger partial charge is 0.307 e. The Hall–Kier alpha value is -2.71. The average Bonchev–Trinajstić information content (AvgIpc) is 3.27. The summed E-state index contributed by atoms with van der Waals surface area (Å²) in [5.74, 6) is -0.257. The van der Waals surface area contributed by atoms with Gasteiger partial charge in [-0.05, 0) is 68.0 Å². The predicted octanol–water partition coefficient (Wildman–Crippen LogP) is 4.79. The lowest BCUT2D eigenvalue weighted by Crippen LogP contribution is -2.32. The van der Waals surface area contributed by atoms with Crippen molar-refractivity contribution in [3.05, 3.63) is 81.8 Å². The van der Waals surface area contributed by atoms with Crippen molar-refractivity contribution in [3.63, 3.8) is 0 Å². The number of rotatable bonds is 6. The maximum Gasteiger partial charge on any atom is 0.307 e. The quantitative estimate of drug-likeness (QED) is 0.378. The van der Waals surface area contributed by atoms with E-state index in [1.165, 1.54) is 7.11 Å². The van der Waals surface area contributed by atoms with Gasteiger partial charge in [0.2, 0.25) is 0 Å². The van der Waals surface area contributed by atoms with Gasteiger partial charge in [-0.2, -0.15) is 0 Å². The van der Waals surface area contributed by atoms with Crippen LogP contribution >= 0.6 is 28.1 Å². The lowest BCUT2D eigenvalue weighted by atomic mass is 9.96. The molecule has 0 spiro atoms. The first-order valence-electron chi connectivity index (χ1n) is 10.4. The highest BCUT2D eigenvalue weighted by atomic mass is 79.9. The number of pyridine rings is 1. The van der Waals surface area contributed by atoms with Crippen molar-refractivity contribution < 1.29 is 9.53 Å². The fourth-order valence-electron chi connectivity index (χ4n) is 4.40. The summed E-state index contributed by atoms with van der Waals surface area (Å²) < 4.78 is 8.14. The number of carbonyl (C=O) groups excluding carboxylic acids is 1. The van der Waals surface area contributed by atoms with Crippen LogP contribution in [-0.2, 0) is 9.53 Å². The maximum absolute atomic E-state index is 11.9. The van der Waals surface area contributed by atoms with Gasteiger partial charge < -0.3 is 19.5 Å². The minimum atomic E-state index is -0.257. The molecule has 0 saturated carbocycles. The summed E-state index contributed by atoms with van der Waals surface area (Å²) in [6.45, 7) is 4.69. The molecule has 4 rings (SSSR count). The third-order valence-electron chi connectivity index (χ3n) is 5.84. The molecule has 8 heteroatoms. The molecule has 0 radical (unpaired) electrons. The first-order chi connectivity index (χ1) is 15.4. The number of carbonyl (C=O) groups is 1. The molecule has 1 saturated heterocycles. The van der Waals surface area contributed by atoms with E-state index in [1.54, 1.807) is 6.20 Å². The number of aromatic nitrogens is 2. The first-order valence-corrected chi connectivity index (χ1v) is 11.6. The number of nitrogens with one attached hydrogen (secondary N) is 1. The van der Waals surface area contributed by atoms with Gasteiger partial charge in [0.15, 0.2) is 5.11 Å². The minimum absolute atomic E-state index is 0.103. The molecular weight excluding hydrogens is 488 g/mol. The number of nitrogens with zero attached hydrogens (tertiary/aromatic N) is 3. The van der Waals surface area contributed by atoms with Gasteiger partial charge in [0.1, 0.15) is 0 Å². The minimum Gasteiger partial charge on any atom is -0.469 e. The standard InChI is InChI=1S/C24H25BrN4O2S/c1-15-13-19(16(2)29(15)18-8-6-7-17(25)14-18)23-22(20-9-4-5-11-26-20)27-24(32)28(23)12-10-21(30)31-3/h4-9,11,13-14,22-23H,10,12H2,1-3H3,(H,27,32)/t22-,23+/m1/s1. The van der Waals surface area contributed by atoms with Crippen molar-refractivity contribution in [3.8, 4) is 5.69 Å². The van der Waals surface area contributed by atoms with Crippen LogP contribution in [0.15, 0.2) is 59.2 Å². The highest BCUT2D eigenvalue weighted by Crippen LogP contribution is 2.41. The van der Waals surface area contributed by atoms with Gasteiger partial charge in [0.05, 0.1) is 31.3 Å². The highest BCUT2D eigenvalue weighted by Gasteiger charge is 2.41. The molecule has 6 nitrogen and oxygen atoms in total. The number of aryl methyl sites for hydroxylation is 1. The van der Waals surface area contributed by atoms with Crippen molar-refractivity contribution in [2.24, 2.45) is 0 Å². The average molecular weight is 513 g/mol. The van der Waals surface area contributed by atoms with E-state index in [0.717, 1.165) is 32.8 Å². The summed E-state index contributed by atoms with van der Waals surface area (Å²) in [6.07, 6.45) is 2.05. The third-order valence-corrected chi connectivity index (χ3v) is 6.68. The number of hydrogen-bond donors (Lipinski definition) is 1. The molecule has 1 aliphatic heterocycles. The predicted molar refractivity (Wildman–Crippen MR) is 132 cm³/mol. The monoisotopic (exact) mass is 512 g/mol. The zero-order valence-corrected chi connectivity index (χ0v) is 20.6. The molecule has 166 valence electrons. The Labute approximate surface area is 201 Å². The van der Waals surface area contributed by atoms with Gasteiger partial charge in [-0.25, -0.2) is 0 Å². The Kier molecular flexibility index (Phi) is 6.62. The molecule has 1 aliphatic rings. The van der Waals surface area contributed by atoms with Gasteiger partial charge in [0.25, 0.3) is 0 Å². The summed E-state index contributed by atoms with van der Waals surface area (Å²) >= 11 is 9.28. The lowest BCUT2D eigenvalue weighted by molar-refractivity contribution is -0.140. The van der Waals surface area contributed by atoms with Gasteiger partial charge in [-0.1, -0.05) is 28.1 Å². The zero-order chi connectivity index (χ0) is 22.8. The molecule has 32 heavy (non-hydrogen) atoms. The van der Waals surface area contributed by atoms with Crippen LogP contribution in [-0.4, -0.2) is 39.2 Å². The first kappa shape index (κ1) is 22.5. The normalized spacial score (nSPS) is 18.0. The van der Waals surface area contributed by atoms with E-state index in [2.05, 4.69) is 67.7 Å². The summed E-state index contributed by atoms with van der Waals surface area (Å²) in [6, 6.07) is 16.1. The van der Waals surface area contributed by atoms with Gasteiger partial charge in [0, 0.05) is 34.3 Å². The van der Waals surface area contributed by atoms with E-state index in [9.17, 15) is 4.79 Å². The number of thiocarbonyl (C=S) groups is 1. The molecule has 2 aromatic heterocycles. The Balaban J connectivity index is 1.80. The number of methoxy groups -OCH3 is 1. The molecular formula is C24H25BrN4O2S. The third kappa shape index (κ3) is 4.29. The number of halogens is 1. The van der Waals surface area contributed by atoms with Gasteiger partial charge in [-0.3, -0.25) is 9.78 Å². The topological polar surface area (TPSA) is 59.4 Å². The van der Waals surface area contributed by atoms with Crippen molar-refractivity contribution in [2.45, 2.75) is 32.4 Å². The number of esters is 1. The Bertz CT molecular complexity index is 1150. The van der Waals surface area contributed by atoms with Crippen LogP contribution in [0.2, 0.25) is 0 Å². The molecule has 1 aromatic carbocycles. The van der Waals surface area contributed by atoms with Crippen molar-refractivity contribution in [2.75, 3.05) is 13.7 Å². The molecule has 3 aromatic rings. The van der Waals surface area contributed by atoms with E-state index in [4.69, 9.17) is 17.0 Å². The van der Waals surface area contributed by atoms with Crippen LogP contribution in [0.1, 0.15) is 41.1 Å². The molecule has 0 amide bonds. The van der Waals surface area contributed by atoms with Crippen LogP contribution in [0.5, 0.6) is 0 Å². The van der Waals surface area contributed by atoms with E-state index in [-0.39, 0.29) is 24.5 Å². The highest BCUT2D eigenvalue weighted by molar-refractivity contribution is 9.10. The zero-order valence-electron chi connectivity index (χ0n) is 18.2. The second-order valence-electron chi connectivity index (χ2n) is 7.79. The summed E-state index contributed by atoms with van der Waals surface area (Å²) in [7, 11) is 1.41. The van der Waals surface area contributed by atoms with E-state index >= 15 is 0 Å². The molecule has 0 unspecified atom stereocenters. The fraction of sp³-hybridized carbons (Fsp3) is 0.292. The van der Waals surface area contributed by atoms with E-state index in [0.29, 0.717) is 11.7 Å².